The molecular weight excluding hydrogens is 348 g/mol. The Morgan fingerprint density at radius 1 is 1.11 bits per heavy atom. The molecule has 1 aliphatic carbocycles. The van der Waals surface area contributed by atoms with Crippen LogP contribution < -0.4 is 15.4 Å². The predicted octanol–water partition coefficient (Wildman–Crippen LogP) is 4.99. The summed E-state index contributed by atoms with van der Waals surface area (Å²) >= 11 is 0. The molecule has 0 saturated carbocycles. The van der Waals surface area contributed by atoms with E-state index in [1.54, 1.807) is 5.57 Å². The first kappa shape index (κ1) is 20.2. The molecule has 0 fully saturated rings. The maximum atomic E-state index is 12.1. The number of hydrogen-bond acceptors (Lipinski definition) is 3. The van der Waals surface area contributed by atoms with Crippen LogP contribution in [0.5, 0.6) is 5.75 Å². The van der Waals surface area contributed by atoms with E-state index in [0.717, 1.165) is 36.3 Å². The van der Waals surface area contributed by atoms with Gasteiger partial charge in [-0.15, -0.1) is 0 Å². The molecule has 0 saturated heterocycles. The molecule has 2 aromatic rings. The lowest BCUT2D eigenvalue weighted by atomic mass is 9.97. The zero-order chi connectivity index (χ0) is 19.6. The van der Waals surface area contributed by atoms with Gasteiger partial charge in [-0.2, -0.15) is 0 Å². The summed E-state index contributed by atoms with van der Waals surface area (Å²) in [5, 5.41) is 6.35. The number of rotatable bonds is 9. The summed E-state index contributed by atoms with van der Waals surface area (Å²) in [6.45, 7) is 3.82. The van der Waals surface area contributed by atoms with Crippen molar-refractivity contribution in [2.24, 2.45) is 0 Å². The Hall–Kier alpha value is -2.59. The Morgan fingerprint density at radius 3 is 2.75 bits per heavy atom. The number of allylic oxidation sites excluding steroid dienone is 1. The summed E-state index contributed by atoms with van der Waals surface area (Å²) < 4.78 is 5.66. The molecule has 2 aromatic carbocycles. The van der Waals surface area contributed by atoms with Crippen LogP contribution in [0.3, 0.4) is 0 Å². The van der Waals surface area contributed by atoms with Gasteiger partial charge in [0.1, 0.15) is 5.75 Å². The molecule has 0 radical (unpaired) electrons. The first-order valence-corrected chi connectivity index (χ1v) is 10.2. The van der Waals surface area contributed by atoms with E-state index >= 15 is 0 Å². The van der Waals surface area contributed by atoms with Crippen LogP contribution in [0.25, 0.3) is 0 Å². The van der Waals surface area contributed by atoms with Crippen molar-refractivity contribution < 1.29 is 9.53 Å². The number of benzene rings is 2. The van der Waals surface area contributed by atoms with E-state index in [-0.39, 0.29) is 12.5 Å². The van der Waals surface area contributed by atoms with E-state index in [4.69, 9.17) is 4.74 Å². The molecular formula is C24H30N2O2. The molecule has 0 aromatic heterocycles. The third-order valence-electron chi connectivity index (χ3n) is 4.94. The molecule has 0 aliphatic heterocycles. The van der Waals surface area contributed by atoms with Crippen LogP contribution in [0.15, 0.2) is 60.2 Å². The molecule has 1 aliphatic rings. The van der Waals surface area contributed by atoms with Gasteiger partial charge in [-0.05, 0) is 75.4 Å². The second-order valence-electron chi connectivity index (χ2n) is 7.39. The van der Waals surface area contributed by atoms with Crippen LogP contribution in [-0.2, 0) is 11.3 Å². The highest BCUT2D eigenvalue weighted by molar-refractivity contribution is 5.91. The summed E-state index contributed by atoms with van der Waals surface area (Å²) in [5.74, 6) is 0.557. The molecule has 2 N–H and O–H groups in total. The fourth-order valence-electron chi connectivity index (χ4n) is 3.34. The summed E-state index contributed by atoms with van der Waals surface area (Å²) in [6.07, 6.45) is 8.72. The Labute approximate surface area is 168 Å². The van der Waals surface area contributed by atoms with Gasteiger partial charge in [-0.25, -0.2) is 0 Å². The highest BCUT2D eigenvalue weighted by Gasteiger charge is 2.05. The van der Waals surface area contributed by atoms with Crippen molar-refractivity contribution in [1.82, 2.24) is 5.32 Å². The molecule has 1 amide bonds. The number of carbonyl (C=O) groups excluding carboxylic acids is 1. The molecule has 4 heteroatoms. The first-order valence-electron chi connectivity index (χ1n) is 10.2. The zero-order valence-electron chi connectivity index (χ0n) is 16.7. The number of ether oxygens (including phenoxy) is 1. The van der Waals surface area contributed by atoms with Crippen LogP contribution in [0.1, 0.15) is 43.2 Å². The Kier molecular flexibility index (Phi) is 7.68. The minimum atomic E-state index is -0.159. The third kappa shape index (κ3) is 6.86. The van der Waals surface area contributed by atoms with E-state index in [0.29, 0.717) is 5.75 Å². The second kappa shape index (κ2) is 10.7. The van der Waals surface area contributed by atoms with Crippen molar-refractivity contribution in [3.63, 3.8) is 0 Å². The van der Waals surface area contributed by atoms with Crippen LogP contribution in [0.4, 0.5) is 5.69 Å². The monoisotopic (exact) mass is 378 g/mol. The number of aryl methyl sites for hydroxylation is 1. The zero-order valence-corrected chi connectivity index (χ0v) is 16.7. The van der Waals surface area contributed by atoms with Crippen molar-refractivity contribution in [1.29, 1.82) is 0 Å². The van der Waals surface area contributed by atoms with Crippen LogP contribution in [0, 0.1) is 6.92 Å². The van der Waals surface area contributed by atoms with Crippen molar-refractivity contribution in [3.8, 4) is 5.75 Å². The number of amides is 1. The average Bonchev–Trinajstić information content (AvgIpc) is 2.73. The Balaban J connectivity index is 1.39. The summed E-state index contributed by atoms with van der Waals surface area (Å²) in [5.41, 5.74) is 4.70. The van der Waals surface area contributed by atoms with Gasteiger partial charge in [0.25, 0.3) is 5.91 Å². The van der Waals surface area contributed by atoms with Crippen molar-refractivity contribution in [2.75, 3.05) is 18.5 Å². The summed E-state index contributed by atoms with van der Waals surface area (Å²) in [6, 6.07) is 15.6. The SMILES string of the molecule is Cc1ccc(NC(=O)COc2cccc(CNCCC3=CCCCC3)c2)cc1. The highest BCUT2D eigenvalue weighted by atomic mass is 16.5. The Morgan fingerprint density at radius 2 is 1.96 bits per heavy atom. The fraction of sp³-hybridized carbons (Fsp3) is 0.375. The van der Waals surface area contributed by atoms with Gasteiger partial charge in [0, 0.05) is 12.2 Å². The molecule has 0 spiro atoms. The van der Waals surface area contributed by atoms with Crippen LogP contribution in [0.2, 0.25) is 0 Å². The van der Waals surface area contributed by atoms with Gasteiger partial charge in [0.15, 0.2) is 6.61 Å². The lowest BCUT2D eigenvalue weighted by molar-refractivity contribution is -0.118. The number of anilines is 1. The Bertz CT molecular complexity index is 797. The van der Waals surface area contributed by atoms with Gasteiger partial charge < -0.3 is 15.4 Å². The van der Waals surface area contributed by atoms with Gasteiger partial charge in [-0.1, -0.05) is 41.5 Å². The van der Waals surface area contributed by atoms with Gasteiger partial charge in [0.2, 0.25) is 0 Å². The first-order chi connectivity index (χ1) is 13.7. The average molecular weight is 379 g/mol. The van der Waals surface area contributed by atoms with E-state index in [2.05, 4.69) is 22.8 Å². The van der Waals surface area contributed by atoms with E-state index < -0.39 is 0 Å². The van der Waals surface area contributed by atoms with Crippen molar-refractivity contribution in [3.05, 3.63) is 71.3 Å². The molecule has 148 valence electrons. The fourth-order valence-corrected chi connectivity index (χ4v) is 3.34. The molecule has 3 rings (SSSR count). The quantitative estimate of drug-likeness (QED) is 0.477. The minimum absolute atomic E-state index is 0.00108. The van der Waals surface area contributed by atoms with Gasteiger partial charge in [-0.3, -0.25) is 4.79 Å². The maximum absolute atomic E-state index is 12.1. The number of hydrogen-bond donors (Lipinski definition) is 2. The van der Waals surface area contributed by atoms with Crippen LogP contribution >= 0.6 is 0 Å². The summed E-state index contributed by atoms with van der Waals surface area (Å²) in [7, 11) is 0. The van der Waals surface area contributed by atoms with E-state index in [9.17, 15) is 4.79 Å². The lowest BCUT2D eigenvalue weighted by Gasteiger charge is -2.13. The normalized spacial score (nSPS) is 13.7. The minimum Gasteiger partial charge on any atom is -0.484 e. The number of nitrogens with one attached hydrogen (secondary N) is 2. The third-order valence-corrected chi connectivity index (χ3v) is 4.94. The molecule has 4 nitrogen and oxygen atoms in total. The molecule has 0 heterocycles. The molecule has 28 heavy (non-hydrogen) atoms. The van der Waals surface area contributed by atoms with Crippen molar-refractivity contribution >= 4 is 11.6 Å². The van der Waals surface area contributed by atoms with Crippen molar-refractivity contribution in [2.45, 2.75) is 45.6 Å². The largest absolute Gasteiger partial charge is 0.484 e. The van der Waals surface area contributed by atoms with E-state index in [1.807, 2.05) is 49.4 Å². The predicted molar refractivity (Wildman–Crippen MR) is 115 cm³/mol. The van der Waals surface area contributed by atoms with Gasteiger partial charge >= 0.3 is 0 Å². The molecule has 0 atom stereocenters. The molecule has 0 unspecified atom stereocenters. The highest BCUT2D eigenvalue weighted by Crippen LogP contribution is 2.19. The van der Waals surface area contributed by atoms with E-state index in [1.165, 1.54) is 25.7 Å². The lowest BCUT2D eigenvalue weighted by Crippen LogP contribution is -2.20. The van der Waals surface area contributed by atoms with Crippen LogP contribution in [-0.4, -0.2) is 19.1 Å². The standard InChI is InChI=1S/C24H30N2O2/c1-19-10-12-22(13-11-19)26-24(27)18-28-23-9-5-8-21(16-23)17-25-15-14-20-6-3-2-4-7-20/h5-6,8-13,16,25H,2-4,7,14-15,17-18H2,1H3,(H,26,27). The topological polar surface area (TPSA) is 50.4 Å². The smallest absolute Gasteiger partial charge is 0.262 e. The maximum Gasteiger partial charge on any atom is 0.262 e. The second-order valence-corrected chi connectivity index (χ2v) is 7.39. The van der Waals surface area contributed by atoms with Gasteiger partial charge in [0.05, 0.1) is 0 Å². The summed E-state index contributed by atoms with van der Waals surface area (Å²) in [4.78, 5) is 12.1. The number of carbonyl (C=O) groups is 1. The molecule has 0 bridgehead atoms.